The van der Waals surface area contributed by atoms with Gasteiger partial charge in [-0.2, -0.15) is 0 Å². The number of unbranched alkanes of at least 4 members (excludes halogenated alkanes) is 1. The van der Waals surface area contributed by atoms with E-state index in [9.17, 15) is 0 Å². The fourth-order valence-corrected chi connectivity index (χ4v) is 1.59. The van der Waals surface area contributed by atoms with Crippen LogP contribution in [0.2, 0.25) is 0 Å². The SMILES string of the molecule is COc1cccc(OC)c1OCCCCC(N)=NO. The molecule has 6 heteroatoms. The standard InChI is InChI=1S/C13H20N2O4/c1-17-10-6-5-7-11(18-2)13(10)19-9-4-3-8-12(14)15-16/h5-7,16H,3-4,8-9H2,1-2H3,(H2,14,15). The number of methoxy groups -OCH3 is 2. The van der Waals surface area contributed by atoms with Crippen molar-refractivity contribution < 1.29 is 19.4 Å². The lowest BCUT2D eigenvalue weighted by atomic mass is 10.2. The van der Waals surface area contributed by atoms with Crippen molar-refractivity contribution in [1.82, 2.24) is 0 Å². The number of nitrogens with two attached hydrogens (primary N) is 1. The first kappa shape index (κ1) is 14.9. The quantitative estimate of drug-likeness (QED) is 0.247. The van der Waals surface area contributed by atoms with Gasteiger partial charge < -0.3 is 25.2 Å². The van der Waals surface area contributed by atoms with Crippen LogP contribution in [0.15, 0.2) is 23.4 Å². The topological polar surface area (TPSA) is 86.3 Å². The van der Waals surface area contributed by atoms with Gasteiger partial charge in [0, 0.05) is 6.42 Å². The molecule has 106 valence electrons. The predicted molar refractivity (Wildman–Crippen MR) is 72.3 cm³/mol. The maximum atomic E-state index is 8.40. The Balaban J connectivity index is 2.48. The molecule has 0 aliphatic rings. The lowest BCUT2D eigenvalue weighted by molar-refractivity contribution is 0.268. The second kappa shape index (κ2) is 8.07. The highest BCUT2D eigenvalue weighted by molar-refractivity contribution is 5.79. The summed E-state index contributed by atoms with van der Waals surface area (Å²) in [6.45, 7) is 0.509. The van der Waals surface area contributed by atoms with Crippen molar-refractivity contribution in [3.05, 3.63) is 18.2 Å². The molecule has 0 atom stereocenters. The molecule has 1 rings (SSSR count). The summed E-state index contributed by atoms with van der Waals surface area (Å²) in [5.74, 6) is 2.10. The van der Waals surface area contributed by atoms with Crippen LogP contribution in [0.4, 0.5) is 0 Å². The Kier molecular flexibility index (Phi) is 6.35. The van der Waals surface area contributed by atoms with Gasteiger partial charge in [-0.05, 0) is 25.0 Å². The second-order valence-electron chi connectivity index (χ2n) is 3.89. The van der Waals surface area contributed by atoms with Crippen LogP contribution in [-0.4, -0.2) is 31.9 Å². The molecule has 0 saturated heterocycles. The van der Waals surface area contributed by atoms with Crippen molar-refractivity contribution in [3.8, 4) is 17.2 Å². The van der Waals surface area contributed by atoms with Crippen molar-refractivity contribution in [3.63, 3.8) is 0 Å². The molecule has 0 radical (unpaired) electrons. The molecule has 0 heterocycles. The molecule has 0 amide bonds. The highest BCUT2D eigenvalue weighted by Gasteiger charge is 2.10. The summed E-state index contributed by atoms with van der Waals surface area (Å²) in [5, 5.41) is 11.3. The molecule has 0 aliphatic heterocycles. The summed E-state index contributed by atoms with van der Waals surface area (Å²) in [5.41, 5.74) is 5.38. The van der Waals surface area contributed by atoms with Crippen LogP contribution >= 0.6 is 0 Å². The molecule has 6 nitrogen and oxygen atoms in total. The van der Waals surface area contributed by atoms with Crippen LogP contribution in [0.25, 0.3) is 0 Å². The summed E-state index contributed by atoms with van der Waals surface area (Å²) in [6.07, 6.45) is 2.12. The number of amidine groups is 1. The molecule has 0 bridgehead atoms. The highest BCUT2D eigenvalue weighted by Crippen LogP contribution is 2.36. The Morgan fingerprint density at radius 3 is 2.37 bits per heavy atom. The minimum Gasteiger partial charge on any atom is -0.493 e. The average molecular weight is 268 g/mol. The lowest BCUT2D eigenvalue weighted by Crippen LogP contribution is -2.11. The van der Waals surface area contributed by atoms with Crippen LogP contribution < -0.4 is 19.9 Å². The molecule has 0 unspecified atom stereocenters. The molecule has 19 heavy (non-hydrogen) atoms. The van der Waals surface area contributed by atoms with E-state index in [1.807, 2.05) is 18.2 Å². The van der Waals surface area contributed by atoms with Gasteiger partial charge in [0.25, 0.3) is 0 Å². The smallest absolute Gasteiger partial charge is 0.203 e. The van der Waals surface area contributed by atoms with Gasteiger partial charge >= 0.3 is 0 Å². The van der Waals surface area contributed by atoms with E-state index in [2.05, 4.69) is 5.16 Å². The molecular weight excluding hydrogens is 248 g/mol. The normalized spacial score (nSPS) is 11.2. The van der Waals surface area contributed by atoms with Gasteiger partial charge in [-0.1, -0.05) is 11.2 Å². The van der Waals surface area contributed by atoms with E-state index < -0.39 is 0 Å². The number of oxime groups is 1. The van der Waals surface area contributed by atoms with Crippen LogP contribution in [-0.2, 0) is 0 Å². The first-order valence-electron chi connectivity index (χ1n) is 6.03. The molecule has 0 saturated carbocycles. The van der Waals surface area contributed by atoms with E-state index >= 15 is 0 Å². The zero-order valence-electron chi connectivity index (χ0n) is 11.3. The molecule has 0 spiro atoms. The molecule has 0 aromatic heterocycles. The Morgan fingerprint density at radius 2 is 1.84 bits per heavy atom. The molecular formula is C13H20N2O4. The minimum absolute atomic E-state index is 0.231. The lowest BCUT2D eigenvalue weighted by Gasteiger charge is -2.13. The number of rotatable bonds is 8. The van der Waals surface area contributed by atoms with Crippen molar-refractivity contribution >= 4 is 5.84 Å². The van der Waals surface area contributed by atoms with Crippen molar-refractivity contribution in [1.29, 1.82) is 0 Å². The van der Waals surface area contributed by atoms with E-state index in [-0.39, 0.29) is 5.84 Å². The van der Waals surface area contributed by atoms with E-state index in [0.717, 1.165) is 12.8 Å². The van der Waals surface area contributed by atoms with Gasteiger partial charge in [0.1, 0.15) is 5.84 Å². The van der Waals surface area contributed by atoms with E-state index in [4.69, 9.17) is 25.2 Å². The average Bonchev–Trinajstić information content (AvgIpc) is 2.46. The van der Waals surface area contributed by atoms with Crippen LogP contribution in [0.5, 0.6) is 17.2 Å². The summed E-state index contributed by atoms with van der Waals surface area (Å²) in [6, 6.07) is 5.46. The molecule has 1 aromatic carbocycles. The zero-order valence-corrected chi connectivity index (χ0v) is 11.3. The van der Waals surface area contributed by atoms with Crippen LogP contribution in [0.3, 0.4) is 0 Å². The number of para-hydroxylation sites is 1. The number of benzene rings is 1. The summed E-state index contributed by atoms with van der Waals surface area (Å²) >= 11 is 0. The molecule has 0 fully saturated rings. The van der Waals surface area contributed by atoms with Crippen LogP contribution in [0, 0.1) is 0 Å². The van der Waals surface area contributed by atoms with Gasteiger partial charge in [0.05, 0.1) is 20.8 Å². The van der Waals surface area contributed by atoms with Crippen LogP contribution in [0.1, 0.15) is 19.3 Å². The van der Waals surface area contributed by atoms with Gasteiger partial charge in [-0.3, -0.25) is 0 Å². The zero-order chi connectivity index (χ0) is 14.1. The van der Waals surface area contributed by atoms with E-state index in [0.29, 0.717) is 30.3 Å². The van der Waals surface area contributed by atoms with Gasteiger partial charge in [0.15, 0.2) is 11.5 Å². The summed E-state index contributed by atoms with van der Waals surface area (Å²) in [4.78, 5) is 0. The van der Waals surface area contributed by atoms with Gasteiger partial charge in [-0.25, -0.2) is 0 Å². The maximum Gasteiger partial charge on any atom is 0.203 e. The van der Waals surface area contributed by atoms with Gasteiger partial charge in [0.2, 0.25) is 5.75 Å². The monoisotopic (exact) mass is 268 g/mol. The number of hydrogen-bond acceptors (Lipinski definition) is 5. The largest absolute Gasteiger partial charge is 0.493 e. The Hall–Kier alpha value is -2.11. The number of ether oxygens (including phenoxy) is 3. The number of nitrogens with zero attached hydrogens (tertiary/aromatic N) is 1. The highest BCUT2D eigenvalue weighted by atomic mass is 16.5. The number of hydrogen-bond donors (Lipinski definition) is 2. The second-order valence-corrected chi connectivity index (χ2v) is 3.89. The Morgan fingerprint density at radius 1 is 1.21 bits per heavy atom. The summed E-state index contributed by atoms with van der Waals surface area (Å²) in [7, 11) is 3.17. The Labute approximate surface area is 112 Å². The first-order valence-corrected chi connectivity index (χ1v) is 6.03. The fourth-order valence-electron chi connectivity index (χ4n) is 1.59. The fraction of sp³-hybridized carbons (Fsp3) is 0.462. The molecule has 3 N–H and O–H groups in total. The minimum atomic E-state index is 0.231. The third-order valence-electron chi connectivity index (χ3n) is 2.58. The van der Waals surface area contributed by atoms with Crippen molar-refractivity contribution in [2.24, 2.45) is 10.9 Å². The van der Waals surface area contributed by atoms with E-state index in [1.165, 1.54) is 0 Å². The van der Waals surface area contributed by atoms with E-state index in [1.54, 1.807) is 14.2 Å². The third-order valence-corrected chi connectivity index (χ3v) is 2.58. The third kappa shape index (κ3) is 4.57. The summed E-state index contributed by atoms with van der Waals surface area (Å²) < 4.78 is 16.1. The predicted octanol–water partition coefficient (Wildman–Crippen LogP) is 2.00. The molecule has 1 aromatic rings. The van der Waals surface area contributed by atoms with Crippen molar-refractivity contribution in [2.45, 2.75) is 19.3 Å². The maximum absolute atomic E-state index is 8.40. The molecule has 0 aliphatic carbocycles. The Bertz CT molecular complexity index is 399. The van der Waals surface area contributed by atoms with Gasteiger partial charge in [-0.15, -0.1) is 0 Å². The first-order chi connectivity index (χ1) is 9.22. The van der Waals surface area contributed by atoms with Crippen molar-refractivity contribution in [2.75, 3.05) is 20.8 Å².